The number of hydrogen-bond donors (Lipinski definition) is 1. The Hall–Kier alpha value is -2.78. The molecule has 2 aromatic carbocycles. The van der Waals surface area contributed by atoms with Crippen molar-refractivity contribution in [1.82, 2.24) is 10.2 Å². The van der Waals surface area contributed by atoms with Crippen LogP contribution in [0.1, 0.15) is 30.9 Å². The first-order chi connectivity index (χ1) is 15.7. The lowest BCUT2D eigenvalue weighted by Gasteiger charge is -2.29. The van der Waals surface area contributed by atoms with E-state index in [0.29, 0.717) is 18.0 Å². The summed E-state index contributed by atoms with van der Waals surface area (Å²) >= 11 is 0. The second-order valence-corrected chi connectivity index (χ2v) is 10.1. The number of carbonyl (C=O) groups excluding carboxylic acids is 1. The molecular weight excluding hydrogens is 442 g/mol. The molecule has 1 aliphatic rings. The Morgan fingerprint density at radius 3 is 2.27 bits per heavy atom. The Labute approximate surface area is 196 Å². The Bertz CT molecular complexity index is 1050. The summed E-state index contributed by atoms with van der Waals surface area (Å²) in [6, 6.07) is 12.0. The van der Waals surface area contributed by atoms with Crippen molar-refractivity contribution in [2.45, 2.75) is 38.9 Å². The molecule has 0 bridgehead atoms. The van der Waals surface area contributed by atoms with E-state index in [2.05, 4.69) is 22.3 Å². The van der Waals surface area contributed by atoms with Gasteiger partial charge in [0, 0.05) is 19.2 Å². The first-order valence-electron chi connectivity index (χ1n) is 11.0. The average molecular weight is 476 g/mol. The van der Waals surface area contributed by atoms with E-state index in [1.165, 1.54) is 32.6 Å². The number of methoxy groups -OCH3 is 2. The standard InChI is InChI=1S/C24H33N3O5S/c1-18(27(33(4,29)30)22-15-21(31-2)11-12-23(22)32-3)24(28)25-16-19-7-9-20(10-8-19)17-26-13-5-6-14-26/h7-12,15,18H,5-6,13-14,16-17H2,1-4H3,(H,25,28). The van der Waals surface area contributed by atoms with Gasteiger partial charge in [-0.25, -0.2) is 8.42 Å². The predicted molar refractivity (Wildman–Crippen MR) is 129 cm³/mol. The van der Waals surface area contributed by atoms with Crippen molar-refractivity contribution < 1.29 is 22.7 Å². The van der Waals surface area contributed by atoms with Crippen LogP contribution in [0.3, 0.4) is 0 Å². The molecule has 1 N–H and O–H groups in total. The van der Waals surface area contributed by atoms with Gasteiger partial charge in [-0.1, -0.05) is 24.3 Å². The van der Waals surface area contributed by atoms with Gasteiger partial charge < -0.3 is 14.8 Å². The lowest BCUT2D eigenvalue weighted by molar-refractivity contribution is -0.122. The maximum Gasteiger partial charge on any atom is 0.243 e. The fourth-order valence-corrected chi connectivity index (χ4v) is 5.22. The van der Waals surface area contributed by atoms with Crippen LogP contribution in [0, 0.1) is 0 Å². The summed E-state index contributed by atoms with van der Waals surface area (Å²) in [5, 5.41) is 2.85. The normalized spacial score (nSPS) is 15.2. The highest BCUT2D eigenvalue weighted by Crippen LogP contribution is 2.35. The van der Waals surface area contributed by atoms with Crippen LogP contribution in [-0.4, -0.2) is 58.8 Å². The topological polar surface area (TPSA) is 88.2 Å². The number of ether oxygens (including phenoxy) is 2. The van der Waals surface area contributed by atoms with Crippen LogP contribution in [-0.2, 0) is 27.9 Å². The molecule has 2 aromatic rings. The highest BCUT2D eigenvalue weighted by atomic mass is 32.2. The third kappa shape index (κ3) is 6.39. The van der Waals surface area contributed by atoms with E-state index in [1.54, 1.807) is 25.1 Å². The van der Waals surface area contributed by atoms with Crippen molar-refractivity contribution in [1.29, 1.82) is 0 Å². The average Bonchev–Trinajstić information content (AvgIpc) is 3.30. The number of carbonyl (C=O) groups is 1. The second-order valence-electron chi connectivity index (χ2n) is 8.29. The summed E-state index contributed by atoms with van der Waals surface area (Å²) in [7, 11) is -0.850. The molecule has 33 heavy (non-hydrogen) atoms. The maximum absolute atomic E-state index is 12.9. The minimum absolute atomic E-state index is 0.244. The van der Waals surface area contributed by atoms with E-state index in [1.807, 2.05) is 12.1 Å². The molecule has 1 fully saturated rings. The number of benzene rings is 2. The van der Waals surface area contributed by atoms with Crippen molar-refractivity contribution in [2.24, 2.45) is 0 Å². The number of nitrogens with one attached hydrogen (secondary N) is 1. The van der Waals surface area contributed by atoms with Gasteiger partial charge in [0.25, 0.3) is 0 Å². The zero-order valence-corrected chi connectivity index (χ0v) is 20.5. The zero-order chi connectivity index (χ0) is 24.0. The molecule has 0 saturated carbocycles. The number of hydrogen-bond acceptors (Lipinski definition) is 6. The fourth-order valence-electron chi connectivity index (χ4n) is 4.05. The van der Waals surface area contributed by atoms with E-state index in [0.717, 1.165) is 35.8 Å². The summed E-state index contributed by atoms with van der Waals surface area (Å²) in [6.07, 6.45) is 3.58. The van der Waals surface area contributed by atoms with Gasteiger partial charge in [-0.05, 0) is 56.1 Å². The van der Waals surface area contributed by atoms with Crippen molar-refractivity contribution in [2.75, 3.05) is 37.9 Å². The molecule has 1 unspecified atom stereocenters. The SMILES string of the molecule is COc1ccc(OC)c(N(C(C)C(=O)NCc2ccc(CN3CCCC3)cc2)S(C)(=O)=O)c1. The summed E-state index contributed by atoms with van der Waals surface area (Å²) in [5.41, 5.74) is 2.44. The van der Waals surface area contributed by atoms with Crippen molar-refractivity contribution in [3.63, 3.8) is 0 Å². The first kappa shape index (κ1) is 24.9. The number of nitrogens with zero attached hydrogens (tertiary/aromatic N) is 2. The number of anilines is 1. The molecule has 1 saturated heterocycles. The predicted octanol–water partition coefficient (Wildman–Crippen LogP) is 2.77. The summed E-state index contributed by atoms with van der Waals surface area (Å²) in [6.45, 7) is 5.08. The monoisotopic (exact) mass is 475 g/mol. The molecule has 3 rings (SSSR count). The summed E-state index contributed by atoms with van der Waals surface area (Å²) < 4.78 is 36.9. The smallest absolute Gasteiger partial charge is 0.243 e. The van der Waals surface area contributed by atoms with Crippen LogP contribution in [0.25, 0.3) is 0 Å². The largest absolute Gasteiger partial charge is 0.497 e. The van der Waals surface area contributed by atoms with Crippen molar-refractivity contribution >= 4 is 21.6 Å². The maximum atomic E-state index is 12.9. The third-order valence-corrected chi connectivity index (χ3v) is 7.03. The zero-order valence-electron chi connectivity index (χ0n) is 19.7. The molecule has 0 aromatic heterocycles. The van der Waals surface area contributed by atoms with Gasteiger partial charge in [0.05, 0.1) is 26.2 Å². The lowest BCUT2D eigenvalue weighted by Crippen LogP contribution is -2.47. The number of rotatable bonds is 10. The van der Waals surface area contributed by atoms with Gasteiger partial charge in [0.2, 0.25) is 15.9 Å². The molecule has 1 atom stereocenters. The Balaban J connectivity index is 1.70. The quantitative estimate of drug-likeness (QED) is 0.569. The minimum atomic E-state index is -3.79. The summed E-state index contributed by atoms with van der Waals surface area (Å²) in [5.74, 6) is 0.377. The Kier molecular flexibility index (Phi) is 8.20. The highest BCUT2D eigenvalue weighted by molar-refractivity contribution is 7.92. The van der Waals surface area contributed by atoms with E-state index in [4.69, 9.17) is 9.47 Å². The number of likely N-dealkylation sites (tertiary alicyclic amines) is 1. The van der Waals surface area contributed by atoms with Crippen molar-refractivity contribution in [3.8, 4) is 11.5 Å². The highest BCUT2D eigenvalue weighted by Gasteiger charge is 2.31. The molecule has 0 radical (unpaired) electrons. The van der Waals surface area contributed by atoms with Gasteiger partial charge >= 0.3 is 0 Å². The molecule has 1 aliphatic heterocycles. The first-order valence-corrected chi connectivity index (χ1v) is 12.9. The molecule has 0 aliphatic carbocycles. The van der Waals surface area contributed by atoms with Crippen LogP contribution < -0.4 is 19.1 Å². The number of amides is 1. The van der Waals surface area contributed by atoms with E-state index < -0.39 is 22.0 Å². The molecular formula is C24H33N3O5S. The van der Waals surface area contributed by atoms with Gasteiger partial charge in [0.1, 0.15) is 17.5 Å². The van der Waals surface area contributed by atoms with E-state index >= 15 is 0 Å². The van der Waals surface area contributed by atoms with Crippen LogP contribution in [0.4, 0.5) is 5.69 Å². The number of sulfonamides is 1. The Morgan fingerprint density at radius 2 is 1.70 bits per heavy atom. The second kappa shape index (κ2) is 10.9. The minimum Gasteiger partial charge on any atom is -0.497 e. The molecule has 9 heteroatoms. The van der Waals surface area contributed by atoms with Gasteiger partial charge in [-0.15, -0.1) is 0 Å². The van der Waals surface area contributed by atoms with Crippen molar-refractivity contribution in [3.05, 3.63) is 53.6 Å². The Morgan fingerprint density at radius 1 is 1.06 bits per heavy atom. The fraction of sp³-hybridized carbons (Fsp3) is 0.458. The van der Waals surface area contributed by atoms with E-state index in [-0.39, 0.29) is 5.69 Å². The molecule has 0 spiro atoms. The third-order valence-electron chi connectivity index (χ3n) is 5.81. The molecule has 180 valence electrons. The van der Waals surface area contributed by atoms with Gasteiger partial charge in [-0.2, -0.15) is 0 Å². The lowest BCUT2D eigenvalue weighted by atomic mass is 10.1. The summed E-state index contributed by atoms with van der Waals surface area (Å²) in [4.78, 5) is 15.4. The van der Waals surface area contributed by atoms with Crippen LogP contribution >= 0.6 is 0 Å². The van der Waals surface area contributed by atoms with Crippen LogP contribution in [0.2, 0.25) is 0 Å². The van der Waals surface area contributed by atoms with Crippen LogP contribution in [0.5, 0.6) is 11.5 Å². The van der Waals surface area contributed by atoms with E-state index in [9.17, 15) is 13.2 Å². The van der Waals surface area contributed by atoms with Crippen LogP contribution in [0.15, 0.2) is 42.5 Å². The van der Waals surface area contributed by atoms with Gasteiger partial charge in [0.15, 0.2) is 0 Å². The van der Waals surface area contributed by atoms with Gasteiger partial charge in [-0.3, -0.25) is 14.0 Å². The molecule has 8 nitrogen and oxygen atoms in total. The molecule has 1 heterocycles. The molecule has 1 amide bonds.